The first-order valence-electron chi connectivity index (χ1n) is 31.2. The fourth-order valence-corrected chi connectivity index (χ4v) is 13.3. The molecule has 0 radical (unpaired) electrons. The summed E-state index contributed by atoms with van der Waals surface area (Å²) in [4.78, 5) is 22.7. The normalized spacial score (nSPS) is 11.5. The minimum atomic E-state index is 0.543. The van der Waals surface area contributed by atoms with Gasteiger partial charge in [-0.15, -0.1) is 0 Å². The van der Waals surface area contributed by atoms with Gasteiger partial charge in [0, 0.05) is 54.9 Å². The van der Waals surface area contributed by atoms with Crippen molar-refractivity contribution in [2.24, 2.45) is 0 Å². The molecule has 430 valence electrons. The van der Waals surface area contributed by atoms with Crippen LogP contribution >= 0.6 is 0 Å². The van der Waals surface area contributed by atoms with Gasteiger partial charge in [-0.05, 0) is 117 Å². The van der Waals surface area contributed by atoms with E-state index in [9.17, 15) is 0 Å². The van der Waals surface area contributed by atoms with Gasteiger partial charge in [-0.1, -0.05) is 267 Å². The Kier molecular flexibility index (Phi) is 13.4. The van der Waals surface area contributed by atoms with Crippen LogP contribution in [0.3, 0.4) is 0 Å². The molecule has 0 fully saturated rings. The predicted molar refractivity (Wildman–Crippen MR) is 381 cm³/mol. The van der Waals surface area contributed by atoms with Gasteiger partial charge in [0.05, 0.1) is 56.2 Å². The van der Waals surface area contributed by atoms with Gasteiger partial charge < -0.3 is 9.13 Å². The van der Waals surface area contributed by atoms with Gasteiger partial charge >= 0.3 is 0 Å². The summed E-state index contributed by atoms with van der Waals surface area (Å²) in [6.45, 7) is 0. The van der Waals surface area contributed by atoms with E-state index in [0.29, 0.717) is 11.6 Å². The fraction of sp³-hybridized carbons (Fsp3) is 0. The van der Waals surface area contributed by atoms with E-state index in [4.69, 9.17) is 19.9 Å². The number of rotatable bonds is 12. The Labute approximate surface area is 533 Å². The summed E-state index contributed by atoms with van der Waals surface area (Å²) in [6.07, 6.45) is 0. The highest BCUT2D eigenvalue weighted by Crippen LogP contribution is 2.47. The molecule has 92 heavy (non-hydrogen) atoms. The monoisotopic (exact) mass is 1170 g/mol. The number of hydrogen-bond acceptors (Lipinski definition) is 4. The zero-order valence-corrected chi connectivity index (χ0v) is 50.0. The minimum absolute atomic E-state index is 0.543. The van der Waals surface area contributed by atoms with Crippen LogP contribution in [0.25, 0.3) is 167 Å². The van der Waals surface area contributed by atoms with Crippen molar-refractivity contribution in [3.05, 3.63) is 340 Å². The Bertz CT molecular complexity index is 5270. The molecule has 17 rings (SSSR count). The van der Waals surface area contributed by atoms with Crippen molar-refractivity contribution in [3.63, 3.8) is 0 Å². The Hall–Kier alpha value is -12.4. The first-order chi connectivity index (χ1) is 45.6. The quantitative estimate of drug-likeness (QED) is 0.122. The maximum Gasteiger partial charge on any atom is 0.162 e. The van der Waals surface area contributed by atoms with E-state index in [0.717, 1.165) is 156 Å². The molecule has 0 aliphatic rings. The summed E-state index contributed by atoms with van der Waals surface area (Å²) in [5.74, 6) is 1.10. The molecule has 0 N–H and O–H groups in total. The van der Waals surface area contributed by atoms with Crippen molar-refractivity contribution in [2.45, 2.75) is 0 Å². The van der Waals surface area contributed by atoms with Gasteiger partial charge in [0.15, 0.2) is 11.6 Å². The van der Waals surface area contributed by atoms with Crippen molar-refractivity contribution in [3.8, 4) is 124 Å². The third kappa shape index (κ3) is 9.80. The molecular weight excluding hydrogens is 1120 g/mol. The second-order valence-corrected chi connectivity index (χ2v) is 23.3. The summed E-state index contributed by atoms with van der Waals surface area (Å²) in [7, 11) is 0. The minimum Gasteiger partial charge on any atom is -0.307 e. The Morgan fingerprint density at radius 3 is 0.739 bits per heavy atom. The lowest BCUT2D eigenvalue weighted by Crippen LogP contribution is -2.09. The van der Waals surface area contributed by atoms with Crippen molar-refractivity contribution in [1.82, 2.24) is 29.1 Å². The van der Waals surface area contributed by atoms with Crippen LogP contribution in [0, 0.1) is 0 Å². The lowest BCUT2D eigenvalue weighted by molar-refractivity contribution is 1.08. The zero-order chi connectivity index (χ0) is 60.9. The number of aromatic nitrogens is 6. The summed E-state index contributed by atoms with van der Waals surface area (Å²) >= 11 is 0. The van der Waals surface area contributed by atoms with E-state index in [1.165, 1.54) is 0 Å². The fourth-order valence-electron chi connectivity index (χ4n) is 13.3. The number of nitrogens with zero attached hydrogens (tertiary/aromatic N) is 6. The van der Waals surface area contributed by atoms with Gasteiger partial charge in [-0.2, -0.15) is 0 Å². The van der Waals surface area contributed by atoms with E-state index < -0.39 is 0 Å². The van der Waals surface area contributed by atoms with Crippen LogP contribution in [-0.2, 0) is 0 Å². The van der Waals surface area contributed by atoms with Crippen LogP contribution in [0.1, 0.15) is 0 Å². The summed E-state index contributed by atoms with van der Waals surface area (Å²) in [5.41, 5.74) is 23.6. The molecule has 0 saturated carbocycles. The standard InChI is InChI=1S/C86H56N6/c1-9-25-57(26-10-1)65-41-45-79-70(49-65)71-50-66(58-27-11-2-12-28-58)42-46-80(71)91(79)83-54-69(85-87-75(61-33-17-5-18-34-61)55-76(88-85)62-35-19-6-20-36-62)53-74(86-89-77(63-37-21-7-22-38-63)56-78(90-86)64-39-23-8-24-40-64)84(83)92-81-47-43-67(59-29-13-3-14-30-59)51-72(81)73-52-68(44-48-82(73)92)60-31-15-4-16-32-60/h1-56H. The molecule has 4 heterocycles. The lowest BCUT2D eigenvalue weighted by atomic mass is 10.0. The Morgan fingerprint density at radius 2 is 0.446 bits per heavy atom. The van der Waals surface area contributed by atoms with E-state index in [-0.39, 0.29) is 0 Å². The first-order valence-corrected chi connectivity index (χ1v) is 31.2. The van der Waals surface area contributed by atoms with Crippen LogP contribution in [0.5, 0.6) is 0 Å². The topological polar surface area (TPSA) is 61.4 Å². The highest BCUT2D eigenvalue weighted by Gasteiger charge is 2.28. The SMILES string of the molecule is c1ccc(-c2ccc3c(c2)c2cc(-c4ccccc4)ccc2n3-c2cc(-c3nc(-c4ccccc4)cc(-c4ccccc4)n3)cc(-c3nc(-c4ccccc4)cc(-c4ccccc4)n3)c2-n2c3ccc(-c4ccccc4)cc3c3cc(-c4ccccc4)ccc32)cc1. The maximum absolute atomic E-state index is 5.77. The second kappa shape index (κ2) is 23.0. The van der Waals surface area contributed by atoms with E-state index in [2.05, 4.69) is 337 Å². The Balaban J connectivity index is 1.07. The molecule has 0 atom stereocenters. The Morgan fingerprint density at radius 1 is 0.185 bits per heavy atom. The second-order valence-electron chi connectivity index (χ2n) is 23.3. The first kappa shape index (κ1) is 53.8. The molecule has 0 amide bonds. The molecule has 0 bridgehead atoms. The highest BCUT2D eigenvalue weighted by atomic mass is 15.1. The third-order valence-electron chi connectivity index (χ3n) is 17.7. The van der Waals surface area contributed by atoms with Gasteiger partial charge in [-0.3, -0.25) is 0 Å². The number of hydrogen-bond donors (Lipinski definition) is 0. The molecular formula is C86H56N6. The van der Waals surface area contributed by atoms with Gasteiger partial charge in [0.1, 0.15) is 0 Å². The molecule has 0 saturated heterocycles. The average Bonchev–Trinajstić information content (AvgIpc) is 1.53. The third-order valence-corrected chi connectivity index (χ3v) is 17.7. The van der Waals surface area contributed by atoms with Crippen molar-refractivity contribution in [1.29, 1.82) is 0 Å². The molecule has 6 nitrogen and oxygen atoms in total. The lowest BCUT2D eigenvalue weighted by Gasteiger charge is -2.22. The zero-order valence-electron chi connectivity index (χ0n) is 50.0. The number of benzene rings is 13. The van der Waals surface area contributed by atoms with Gasteiger partial charge in [-0.25, -0.2) is 19.9 Å². The maximum atomic E-state index is 5.77. The van der Waals surface area contributed by atoms with E-state index >= 15 is 0 Å². The van der Waals surface area contributed by atoms with Crippen LogP contribution in [0.4, 0.5) is 0 Å². The molecule has 0 aliphatic carbocycles. The van der Waals surface area contributed by atoms with Crippen LogP contribution < -0.4 is 0 Å². The molecule has 0 unspecified atom stereocenters. The summed E-state index contributed by atoms with van der Waals surface area (Å²) in [5, 5.41) is 4.44. The average molecular weight is 1170 g/mol. The summed E-state index contributed by atoms with van der Waals surface area (Å²) in [6, 6.07) is 121. The van der Waals surface area contributed by atoms with Crippen LogP contribution in [0.2, 0.25) is 0 Å². The smallest absolute Gasteiger partial charge is 0.162 e. The van der Waals surface area contributed by atoms with Crippen LogP contribution in [0.15, 0.2) is 340 Å². The van der Waals surface area contributed by atoms with E-state index in [1.807, 2.05) is 12.1 Å². The molecule has 17 aromatic rings. The molecule has 0 aliphatic heterocycles. The largest absolute Gasteiger partial charge is 0.307 e. The summed E-state index contributed by atoms with van der Waals surface area (Å²) < 4.78 is 4.96. The molecule has 4 aromatic heterocycles. The van der Waals surface area contributed by atoms with Gasteiger partial charge in [0.2, 0.25) is 0 Å². The van der Waals surface area contributed by atoms with Crippen LogP contribution in [-0.4, -0.2) is 29.1 Å². The van der Waals surface area contributed by atoms with Crippen molar-refractivity contribution >= 4 is 43.6 Å². The number of fused-ring (bicyclic) bond motifs is 6. The molecule has 13 aromatic carbocycles. The van der Waals surface area contributed by atoms with Crippen molar-refractivity contribution < 1.29 is 0 Å². The van der Waals surface area contributed by atoms with E-state index in [1.54, 1.807) is 0 Å². The molecule has 6 heteroatoms. The van der Waals surface area contributed by atoms with Crippen molar-refractivity contribution in [2.75, 3.05) is 0 Å². The predicted octanol–water partition coefficient (Wildman–Crippen LogP) is 22.1. The highest BCUT2D eigenvalue weighted by molar-refractivity contribution is 6.15. The van der Waals surface area contributed by atoms with Gasteiger partial charge in [0.25, 0.3) is 0 Å². The molecule has 0 spiro atoms.